The number of nitrogens with zero attached hydrogens (tertiary/aromatic N) is 3. The van der Waals surface area contributed by atoms with Crippen molar-refractivity contribution in [2.75, 3.05) is 39.8 Å². The van der Waals surface area contributed by atoms with Gasteiger partial charge in [0, 0.05) is 38.3 Å². The minimum atomic E-state index is -3.55. The zero-order valence-corrected chi connectivity index (χ0v) is 17.5. The van der Waals surface area contributed by atoms with E-state index in [-0.39, 0.29) is 36.3 Å². The molecule has 1 amide bonds. The van der Waals surface area contributed by atoms with Gasteiger partial charge in [-0.15, -0.1) is 0 Å². The van der Waals surface area contributed by atoms with Gasteiger partial charge in [0.25, 0.3) is 0 Å². The van der Waals surface area contributed by atoms with Crippen molar-refractivity contribution in [3.63, 3.8) is 0 Å². The van der Waals surface area contributed by atoms with E-state index in [1.165, 1.54) is 10.4 Å². The second kappa shape index (κ2) is 9.02. The first kappa shape index (κ1) is 21.4. The van der Waals surface area contributed by atoms with Crippen LogP contribution in [0, 0.1) is 12.7 Å². The molecule has 8 heteroatoms. The van der Waals surface area contributed by atoms with Gasteiger partial charge in [0.15, 0.2) is 0 Å². The second-order valence-electron chi connectivity index (χ2n) is 7.36. The Balaban J connectivity index is 1.54. The van der Waals surface area contributed by atoms with E-state index in [4.69, 9.17) is 0 Å². The van der Waals surface area contributed by atoms with E-state index in [2.05, 4.69) is 0 Å². The fraction of sp³-hybridized carbons (Fsp3) is 0.381. The Morgan fingerprint density at radius 2 is 1.66 bits per heavy atom. The molecule has 1 aliphatic rings. The monoisotopic (exact) mass is 419 g/mol. The van der Waals surface area contributed by atoms with E-state index in [9.17, 15) is 17.6 Å². The lowest BCUT2D eigenvalue weighted by molar-refractivity contribution is -0.133. The normalized spacial score (nSPS) is 15.7. The zero-order chi connectivity index (χ0) is 21.0. The molecule has 0 radical (unpaired) electrons. The molecule has 156 valence electrons. The second-order valence-corrected chi connectivity index (χ2v) is 9.30. The summed E-state index contributed by atoms with van der Waals surface area (Å²) in [6.45, 7) is 3.61. The molecule has 1 heterocycles. The molecule has 0 aliphatic carbocycles. The fourth-order valence-electron chi connectivity index (χ4n) is 3.34. The van der Waals surface area contributed by atoms with Crippen LogP contribution in [0.15, 0.2) is 53.4 Å². The van der Waals surface area contributed by atoms with E-state index in [0.29, 0.717) is 25.2 Å². The number of carbonyl (C=O) groups excluding carboxylic acids is 1. The fourth-order valence-corrected chi connectivity index (χ4v) is 4.76. The van der Waals surface area contributed by atoms with Gasteiger partial charge in [0.1, 0.15) is 5.82 Å². The van der Waals surface area contributed by atoms with Gasteiger partial charge in [-0.05, 0) is 32.2 Å². The van der Waals surface area contributed by atoms with Crippen molar-refractivity contribution < 1.29 is 17.6 Å². The number of carbonyl (C=O) groups is 1. The summed E-state index contributed by atoms with van der Waals surface area (Å²) in [5.74, 6) is -0.377. The van der Waals surface area contributed by atoms with Crippen molar-refractivity contribution in [3.05, 3.63) is 65.5 Å². The number of rotatable bonds is 6. The van der Waals surface area contributed by atoms with Crippen LogP contribution in [0.2, 0.25) is 0 Å². The molecule has 1 aliphatic heterocycles. The van der Waals surface area contributed by atoms with Crippen LogP contribution in [0.1, 0.15) is 11.1 Å². The first-order chi connectivity index (χ1) is 13.8. The highest BCUT2D eigenvalue weighted by atomic mass is 32.2. The van der Waals surface area contributed by atoms with Gasteiger partial charge in [-0.1, -0.05) is 35.9 Å². The quantitative estimate of drug-likeness (QED) is 0.720. The van der Waals surface area contributed by atoms with Crippen molar-refractivity contribution in [2.45, 2.75) is 18.4 Å². The Hall–Kier alpha value is -2.29. The Morgan fingerprint density at radius 1 is 1.03 bits per heavy atom. The third-order valence-corrected chi connectivity index (χ3v) is 6.97. The van der Waals surface area contributed by atoms with E-state index in [1.807, 2.05) is 6.92 Å². The maximum Gasteiger partial charge on any atom is 0.243 e. The van der Waals surface area contributed by atoms with Crippen LogP contribution in [-0.2, 0) is 21.4 Å². The van der Waals surface area contributed by atoms with Crippen LogP contribution in [0.5, 0.6) is 0 Å². The predicted octanol–water partition coefficient (Wildman–Crippen LogP) is 2.10. The molecule has 0 spiro atoms. The molecule has 29 heavy (non-hydrogen) atoms. The summed E-state index contributed by atoms with van der Waals surface area (Å²) in [6.07, 6.45) is 0. The average molecular weight is 420 g/mol. The van der Waals surface area contributed by atoms with Gasteiger partial charge in [-0.2, -0.15) is 4.31 Å². The largest absolute Gasteiger partial charge is 0.339 e. The van der Waals surface area contributed by atoms with E-state index >= 15 is 0 Å². The maximum absolute atomic E-state index is 13.8. The summed E-state index contributed by atoms with van der Waals surface area (Å²) < 4.78 is 40.7. The molecule has 2 aromatic rings. The number of sulfonamides is 1. The van der Waals surface area contributed by atoms with Gasteiger partial charge < -0.3 is 4.90 Å². The number of likely N-dealkylation sites (N-methyl/N-ethyl adjacent to an activating group) is 1. The lowest BCUT2D eigenvalue weighted by Gasteiger charge is -2.34. The van der Waals surface area contributed by atoms with Crippen LogP contribution >= 0.6 is 0 Å². The van der Waals surface area contributed by atoms with Gasteiger partial charge in [-0.25, -0.2) is 12.8 Å². The zero-order valence-electron chi connectivity index (χ0n) is 16.7. The number of benzene rings is 2. The first-order valence-corrected chi connectivity index (χ1v) is 11.0. The first-order valence-electron chi connectivity index (χ1n) is 9.54. The third kappa shape index (κ3) is 5.20. The molecule has 0 atom stereocenters. The highest BCUT2D eigenvalue weighted by Gasteiger charge is 2.30. The Bertz CT molecular complexity index is 955. The summed E-state index contributed by atoms with van der Waals surface area (Å²) in [7, 11) is -1.79. The van der Waals surface area contributed by atoms with Crippen LogP contribution in [-0.4, -0.2) is 68.2 Å². The molecule has 3 rings (SSSR count). The van der Waals surface area contributed by atoms with E-state index in [0.717, 1.165) is 5.56 Å². The number of hydrogen-bond acceptors (Lipinski definition) is 4. The van der Waals surface area contributed by atoms with Crippen molar-refractivity contribution in [1.29, 1.82) is 0 Å². The molecule has 0 aromatic heterocycles. The Morgan fingerprint density at radius 3 is 2.28 bits per heavy atom. The van der Waals surface area contributed by atoms with Crippen molar-refractivity contribution in [1.82, 2.24) is 14.1 Å². The van der Waals surface area contributed by atoms with Crippen molar-refractivity contribution in [3.8, 4) is 0 Å². The number of hydrogen-bond donors (Lipinski definition) is 0. The van der Waals surface area contributed by atoms with Gasteiger partial charge >= 0.3 is 0 Å². The molecule has 2 aromatic carbocycles. The molecule has 0 saturated carbocycles. The lowest BCUT2D eigenvalue weighted by Crippen LogP contribution is -2.52. The number of amides is 1. The molecule has 0 N–H and O–H groups in total. The minimum Gasteiger partial charge on any atom is -0.339 e. The van der Waals surface area contributed by atoms with Crippen LogP contribution in [0.3, 0.4) is 0 Å². The molecule has 0 bridgehead atoms. The summed E-state index contributed by atoms with van der Waals surface area (Å²) in [5.41, 5.74) is 1.54. The van der Waals surface area contributed by atoms with Gasteiger partial charge in [0.05, 0.1) is 11.4 Å². The minimum absolute atomic E-state index is 0.0868. The number of aryl methyl sites for hydroxylation is 1. The number of piperazine rings is 1. The topological polar surface area (TPSA) is 60.9 Å². The highest BCUT2D eigenvalue weighted by molar-refractivity contribution is 7.89. The summed E-state index contributed by atoms with van der Waals surface area (Å²) in [5, 5.41) is 0. The summed E-state index contributed by atoms with van der Waals surface area (Å²) >= 11 is 0. The molecule has 0 unspecified atom stereocenters. The van der Waals surface area contributed by atoms with Crippen molar-refractivity contribution >= 4 is 15.9 Å². The van der Waals surface area contributed by atoms with Crippen molar-refractivity contribution in [2.24, 2.45) is 0 Å². The average Bonchev–Trinajstić information content (AvgIpc) is 2.70. The van der Waals surface area contributed by atoms with Gasteiger partial charge in [-0.3, -0.25) is 9.69 Å². The number of halogens is 1. The Kier molecular flexibility index (Phi) is 6.66. The standard InChI is InChI=1S/C21H26FN3O3S/c1-17-7-9-19(10-8-17)29(27,28)25-13-11-24(12-14-25)21(26)16-23(2)15-18-5-3-4-6-20(18)22/h3-10H,11-16H2,1-2H3. The third-order valence-electron chi connectivity index (χ3n) is 5.05. The highest BCUT2D eigenvalue weighted by Crippen LogP contribution is 2.18. The lowest BCUT2D eigenvalue weighted by atomic mass is 10.2. The molecule has 1 fully saturated rings. The van der Waals surface area contributed by atoms with E-state index < -0.39 is 10.0 Å². The van der Waals surface area contributed by atoms with E-state index in [1.54, 1.807) is 59.3 Å². The smallest absolute Gasteiger partial charge is 0.243 e. The SMILES string of the molecule is Cc1ccc(S(=O)(=O)N2CCN(C(=O)CN(C)Cc3ccccc3F)CC2)cc1. The molecular formula is C21H26FN3O3S. The van der Waals surface area contributed by atoms with Crippen LogP contribution in [0.4, 0.5) is 4.39 Å². The van der Waals surface area contributed by atoms with Crippen LogP contribution in [0.25, 0.3) is 0 Å². The Labute approximate surface area is 171 Å². The maximum atomic E-state index is 13.8. The molecule has 6 nitrogen and oxygen atoms in total. The summed E-state index contributed by atoms with van der Waals surface area (Å²) in [6, 6.07) is 13.3. The van der Waals surface area contributed by atoms with Crippen LogP contribution < -0.4 is 0 Å². The molecule has 1 saturated heterocycles. The van der Waals surface area contributed by atoms with Gasteiger partial charge in [0.2, 0.25) is 15.9 Å². The summed E-state index contributed by atoms with van der Waals surface area (Å²) in [4.78, 5) is 16.3. The predicted molar refractivity (Wildman–Crippen MR) is 109 cm³/mol. The molecular weight excluding hydrogens is 393 g/mol.